The third-order valence-corrected chi connectivity index (χ3v) is 3.53. The molecule has 0 amide bonds. The van der Waals surface area contributed by atoms with E-state index in [-0.39, 0.29) is 0 Å². The largest absolute Gasteiger partial charge is 0.385 e. The number of hydrogen-bond donors (Lipinski definition) is 1. The summed E-state index contributed by atoms with van der Waals surface area (Å²) in [6, 6.07) is 12.0. The van der Waals surface area contributed by atoms with E-state index in [9.17, 15) is 5.11 Å². The summed E-state index contributed by atoms with van der Waals surface area (Å²) in [7, 11) is 0. The molecule has 17 heavy (non-hydrogen) atoms. The molecule has 1 aliphatic heterocycles. The Morgan fingerprint density at radius 1 is 1.24 bits per heavy atom. The van der Waals surface area contributed by atoms with Gasteiger partial charge in [-0.15, -0.1) is 0 Å². The molecule has 0 bridgehead atoms. The maximum absolute atomic E-state index is 10.6. The van der Waals surface area contributed by atoms with Crippen LogP contribution in [0.1, 0.15) is 24.8 Å². The molecule has 3 heteroatoms. The molecule has 1 heterocycles. The van der Waals surface area contributed by atoms with Gasteiger partial charge in [-0.1, -0.05) is 30.3 Å². The lowest BCUT2D eigenvalue weighted by Gasteiger charge is -2.38. The van der Waals surface area contributed by atoms with Crippen LogP contribution in [0.15, 0.2) is 30.3 Å². The Kier molecular flexibility index (Phi) is 3.78. The Hall–Kier alpha value is -1.37. The summed E-state index contributed by atoms with van der Waals surface area (Å²) in [5.41, 5.74) is 0.338. The molecular formula is C14H18N2O. The fourth-order valence-corrected chi connectivity index (χ4v) is 2.39. The molecule has 0 aliphatic carbocycles. The summed E-state index contributed by atoms with van der Waals surface area (Å²) < 4.78 is 0. The van der Waals surface area contributed by atoms with Gasteiger partial charge in [-0.05, 0) is 18.4 Å². The Morgan fingerprint density at radius 2 is 1.88 bits per heavy atom. The molecule has 1 aromatic carbocycles. The van der Waals surface area contributed by atoms with Gasteiger partial charge in [0, 0.05) is 26.1 Å². The van der Waals surface area contributed by atoms with E-state index in [1.165, 1.54) is 0 Å². The van der Waals surface area contributed by atoms with Crippen LogP contribution >= 0.6 is 0 Å². The van der Waals surface area contributed by atoms with Crippen molar-refractivity contribution < 1.29 is 5.11 Å². The summed E-state index contributed by atoms with van der Waals surface area (Å²) >= 11 is 0. The summed E-state index contributed by atoms with van der Waals surface area (Å²) in [5, 5.41) is 19.1. The summed E-state index contributed by atoms with van der Waals surface area (Å²) in [6.45, 7) is 2.56. The highest BCUT2D eigenvalue weighted by Crippen LogP contribution is 2.32. The van der Waals surface area contributed by atoms with Crippen LogP contribution in [-0.4, -0.2) is 29.6 Å². The minimum absolute atomic E-state index is 0.573. The molecule has 1 fully saturated rings. The van der Waals surface area contributed by atoms with E-state index in [0.29, 0.717) is 6.42 Å². The minimum atomic E-state index is -0.676. The topological polar surface area (TPSA) is 47.3 Å². The fraction of sp³-hybridized carbons (Fsp3) is 0.500. The molecule has 0 radical (unpaired) electrons. The van der Waals surface area contributed by atoms with E-state index in [1.54, 1.807) is 0 Å². The normalized spacial score (nSPS) is 19.8. The highest BCUT2D eigenvalue weighted by atomic mass is 16.3. The van der Waals surface area contributed by atoms with E-state index in [4.69, 9.17) is 5.26 Å². The van der Waals surface area contributed by atoms with Crippen LogP contribution < -0.4 is 0 Å². The predicted octanol–water partition coefficient (Wildman–Crippen LogP) is 1.88. The van der Waals surface area contributed by atoms with Gasteiger partial charge in [0.2, 0.25) is 0 Å². The molecule has 1 saturated heterocycles. The fourth-order valence-electron chi connectivity index (χ4n) is 2.39. The van der Waals surface area contributed by atoms with E-state index in [1.807, 2.05) is 30.3 Å². The second-order valence-corrected chi connectivity index (χ2v) is 4.65. The first-order valence-electron chi connectivity index (χ1n) is 6.12. The first kappa shape index (κ1) is 12.1. The molecule has 1 aromatic rings. The lowest BCUT2D eigenvalue weighted by molar-refractivity contribution is -0.0253. The number of piperidine rings is 1. The van der Waals surface area contributed by atoms with Crippen molar-refractivity contribution in [2.75, 3.05) is 19.6 Å². The Bertz CT molecular complexity index is 388. The van der Waals surface area contributed by atoms with Crippen molar-refractivity contribution in [3.63, 3.8) is 0 Å². The average Bonchev–Trinajstić information content (AvgIpc) is 2.39. The predicted molar refractivity (Wildman–Crippen MR) is 66.2 cm³/mol. The Morgan fingerprint density at radius 3 is 2.47 bits per heavy atom. The number of nitriles is 1. The highest BCUT2D eigenvalue weighted by molar-refractivity contribution is 5.22. The molecular weight excluding hydrogens is 212 g/mol. The van der Waals surface area contributed by atoms with Gasteiger partial charge < -0.3 is 10.0 Å². The zero-order valence-electron chi connectivity index (χ0n) is 9.97. The first-order chi connectivity index (χ1) is 8.24. The van der Waals surface area contributed by atoms with Crippen LogP contribution in [0.25, 0.3) is 0 Å². The van der Waals surface area contributed by atoms with Crippen LogP contribution in [-0.2, 0) is 5.60 Å². The first-order valence-corrected chi connectivity index (χ1v) is 6.12. The third kappa shape index (κ3) is 2.85. The quantitative estimate of drug-likeness (QED) is 0.862. The van der Waals surface area contributed by atoms with Gasteiger partial charge in [-0.3, -0.25) is 0 Å². The van der Waals surface area contributed by atoms with Crippen LogP contribution in [0.5, 0.6) is 0 Å². The maximum Gasteiger partial charge on any atom is 0.0920 e. The number of likely N-dealkylation sites (tertiary alicyclic amines) is 1. The zero-order chi connectivity index (χ0) is 12.1. The Balaban J connectivity index is 1.96. The minimum Gasteiger partial charge on any atom is -0.385 e. The van der Waals surface area contributed by atoms with Gasteiger partial charge in [-0.2, -0.15) is 5.26 Å². The third-order valence-electron chi connectivity index (χ3n) is 3.53. The number of rotatable bonds is 3. The van der Waals surface area contributed by atoms with Crippen molar-refractivity contribution in [1.29, 1.82) is 5.26 Å². The van der Waals surface area contributed by atoms with Crippen molar-refractivity contribution in [3.8, 4) is 6.07 Å². The molecule has 1 N–H and O–H groups in total. The number of benzene rings is 1. The Labute approximate surface area is 102 Å². The molecule has 0 spiro atoms. The number of aliphatic hydroxyl groups is 1. The van der Waals surface area contributed by atoms with Gasteiger partial charge in [0.05, 0.1) is 11.7 Å². The number of hydrogen-bond acceptors (Lipinski definition) is 3. The van der Waals surface area contributed by atoms with E-state index < -0.39 is 5.60 Å². The van der Waals surface area contributed by atoms with E-state index in [2.05, 4.69) is 11.0 Å². The van der Waals surface area contributed by atoms with Crippen LogP contribution in [0, 0.1) is 11.3 Å². The van der Waals surface area contributed by atoms with Gasteiger partial charge in [0.15, 0.2) is 0 Å². The lowest BCUT2D eigenvalue weighted by atomic mass is 9.84. The molecule has 0 aromatic heterocycles. The second kappa shape index (κ2) is 5.31. The van der Waals surface area contributed by atoms with Crippen LogP contribution in [0.2, 0.25) is 0 Å². The van der Waals surface area contributed by atoms with Gasteiger partial charge in [0.25, 0.3) is 0 Å². The SMILES string of the molecule is N#CCCN1CCC(O)(c2ccccc2)CC1. The monoisotopic (exact) mass is 230 g/mol. The molecule has 0 unspecified atom stereocenters. The van der Waals surface area contributed by atoms with Gasteiger partial charge in [0.1, 0.15) is 0 Å². The van der Waals surface area contributed by atoms with Crippen molar-refractivity contribution in [1.82, 2.24) is 4.90 Å². The van der Waals surface area contributed by atoms with Crippen LogP contribution in [0.3, 0.4) is 0 Å². The molecule has 3 nitrogen and oxygen atoms in total. The second-order valence-electron chi connectivity index (χ2n) is 4.65. The zero-order valence-corrected chi connectivity index (χ0v) is 9.97. The molecule has 0 atom stereocenters. The lowest BCUT2D eigenvalue weighted by Crippen LogP contribution is -2.42. The molecule has 1 aliphatic rings. The van der Waals surface area contributed by atoms with Crippen molar-refractivity contribution in [3.05, 3.63) is 35.9 Å². The van der Waals surface area contributed by atoms with Crippen LogP contribution in [0.4, 0.5) is 0 Å². The van der Waals surface area contributed by atoms with Crippen molar-refractivity contribution >= 4 is 0 Å². The molecule has 90 valence electrons. The summed E-state index contributed by atoms with van der Waals surface area (Å²) in [6.07, 6.45) is 2.08. The van der Waals surface area contributed by atoms with E-state index in [0.717, 1.165) is 38.0 Å². The molecule has 0 saturated carbocycles. The maximum atomic E-state index is 10.6. The summed E-state index contributed by atoms with van der Waals surface area (Å²) in [4.78, 5) is 2.25. The van der Waals surface area contributed by atoms with Gasteiger partial charge in [-0.25, -0.2) is 0 Å². The number of nitrogens with zero attached hydrogens (tertiary/aromatic N) is 2. The van der Waals surface area contributed by atoms with Crippen molar-refractivity contribution in [2.24, 2.45) is 0 Å². The smallest absolute Gasteiger partial charge is 0.0920 e. The van der Waals surface area contributed by atoms with Crippen molar-refractivity contribution in [2.45, 2.75) is 24.9 Å². The van der Waals surface area contributed by atoms with E-state index >= 15 is 0 Å². The highest BCUT2D eigenvalue weighted by Gasteiger charge is 2.33. The summed E-state index contributed by atoms with van der Waals surface area (Å²) in [5.74, 6) is 0. The molecule has 2 rings (SSSR count). The standard InChI is InChI=1S/C14H18N2O/c15-9-4-10-16-11-7-14(17,8-12-16)13-5-2-1-3-6-13/h1-3,5-6,17H,4,7-8,10-12H2. The van der Waals surface area contributed by atoms with Gasteiger partial charge >= 0.3 is 0 Å². The average molecular weight is 230 g/mol.